The van der Waals surface area contributed by atoms with Crippen LogP contribution >= 0.6 is 0 Å². The maximum Gasteiger partial charge on any atom is 0.0512 e. The van der Waals surface area contributed by atoms with Crippen molar-refractivity contribution in [2.75, 3.05) is 6.54 Å². The molecule has 0 radical (unpaired) electrons. The number of nitrogens with zero attached hydrogens (tertiary/aromatic N) is 1. The zero-order chi connectivity index (χ0) is 12.6. The molecule has 0 saturated carbocycles. The molecule has 0 aliphatic carbocycles. The number of hydrogen-bond donors (Lipinski definition) is 1. The second-order valence-corrected chi connectivity index (χ2v) is 7.09. The lowest BCUT2D eigenvalue weighted by molar-refractivity contribution is 0.0668. The minimum absolute atomic E-state index is 0.146. The molecule has 0 aromatic carbocycles. The SMILES string of the molecule is CC(O)CCC1CN(C(C)(C)C)C(C)(C)C1. The molecule has 1 rings (SSSR count). The highest BCUT2D eigenvalue weighted by Crippen LogP contribution is 2.39. The third-order valence-corrected chi connectivity index (χ3v) is 3.76. The summed E-state index contributed by atoms with van der Waals surface area (Å²) in [5.74, 6) is 0.754. The largest absolute Gasteiger partial charge is 0.393 e. The van der Waals surface area contributed by atoms with Gasteiger partial charge < -0.3 is 5.11 Å². The Labute approximate surface area is 101 Å². The van der Waals surface area contributed by atoms with E-state index < -0.39 is 0 Å². The molecule has 2 heteroatoms. The van der Waals surface area contributed by atoms with Crippen LogP contribution in [-0.4, -0.2) is 33.7 Å². The third kappa shape index (κ3) is 3.46. The fraction of sp³-hybridized carbons (Fsp3) is 1.00. The summed E-state index contributed by atoms with van der Waals surface area (Å²) in [6, 6.07) is 0. The van der Waals surface area contributed by atoms with Gasteiger partial charge in [-0.15, -0.1) is 0 Å². The molecule has 0 aromatic heterocycles. The zero-order valence-corrected chi connectivity index (χ0v) is 11.9. The van der Waals surface area contributed by atoms with E-state index in [0.717, 1.165) is 18.8 Å². The standard InChI is InChI=1S/C14H29NO/c1-11(16)7-8-12-9-14(5,6)15(10-12)13(2,3)4/h11-12,16H,7-10H2,1-6H3. The van der Waals surface area contributed by atoms with Gasteiger partial charge in [0.2, 0.25) is 0 Å². The maximum atomic E-state index is 9.35. The summed E-state index contributed by atoms with van der Waals surface area (Å²) in [7, 11) is 0. The molecule has 0 amide bonds. The van der Waals surface area contributed by atoms with E-state index in [4.69, 9.17) is 0 Å². The lowest BCUT2D eigenvalue weighted by atomic mass is 9.91. The van der Waals surface area contributed by atoms with Gasteiger partial charge in [0.15, 0.2) is 0 Å². The smallest absolute Gasteiger partial charge is 0.0512 e. The Hall–Kier alpha value is -0.0800. The normalized spacial score (nSPS) is 28.3. The molecule has 0 spiro atoms. The zero-order valence-electron chi connectivity index (χ0n) is 11.9. The van der Waals surface area contributed by atoms with Gasteiger partial charge in [-0.1, -0.05) is 0 Å². The third-order valence-electron chi connectivity index (χ3n) is 3.76. The molecule has 2 atom stereocenters. The van der Waals surface area contributed by atoms with Crippen molar-refractivity contribution in [2.45, 2.75) is 78.0 Å². The second-order valence-electron chi connectivity index (χ2n) is 7.09. The van der Waals surface area contributed by atoms with E-state index in [9.17, 15) is 5.11 Å². The van der Waals surface area contributed by atoms with Crippen LogP contribution in [-0.2, 0) is 0 Å². The quantitative estimate of drug-likeness (QED) is 0.801. The summed E-state index contributed by atoms with van der Waals surface area (Å²) in [6.45, 7) is 14.7. The van der Waals surface area contributed by atoms with Crippen molar-refractivity contribution in [1.29, 1.82) is 0 Å². The van der Waals surface area contributed by atoms with E-state index >= 15 is 0 Å². The highest BCUT2D eigenvalue weighted by molar-refractivity contribution is 4.98. The Morgan fingerprint density at radius 1 is 1.38 bits per heavy atom. The summed E-state index contributed by atoms with van der Waals surface area (Å²) in [4.78, 5) is 2.62. The maximum absolute atomic E-state index is 9.35. The molecule has 0 aromatic rings. The van der Waals surface area contributed by atoms with Crippen LogP contribution in [0.25, 0.3) is 0 Å². The lowest BCUT2D eigenvalue weighted by Gasteiger charge is -2.42. The van der Waals surface area contributed by atoms with E-state index in [-0.39, 0.29) is 11.6 Å². The molecule has 1 saturated heterocycles. The van der Waals surface area contributed by atoms with Gasteiger partial charge in [-0.2, -0.15) is 0 Å². The van der Waals surface area contributed by atoms with Crippen molar-refractivity contribution in [2.24, 2.45) is 5.92 Å². The predicted molar refractivity (Wildman–Crippen MR) is 69.6 cm³/mol. The number of aliphatic hydroxyl groups is 1. The van der Waals surface area contributed by atoms with Crippen molar-refractivity contribution >= 4 is 0 Å². The first-order valence-corrected chi connectivity index (χ1v) is 6.59. The summed E-state index contributed by atoms with van der Waals surface area (Å²) in [5, 5.41) is 9.35. The van der Waals surface area contributed by atoms with E-state index in [0.29, 0.717) is 5.54 Å². The van der Waals surface area contributed by atoms with Crippen LogP contribution in [0.15, 0.2) is 0 Å². The Kier molecular flexibility index (Phi) is 4.07. The molecule has 2 nitrogen and oxygen atoms in total. The average molecular weight is 227 g/mol. The topological polar surface area (TPSA) is 23.5 Å². The molecule has 1 fully saturated rings. The Morgan fingerprint density at radius 2 is 1.94 bits per heavy atom. The first kappa shape index (κ1) is 14.0. The first-order valence-electron chi connectivity index (χ1n) is 6.59. The minimum Gasteiger partial charge on any atom is -0.393 e. The van der Waals surface area contributed by atoms with Crippen LogP contribution in [0.5, 0.6) is 0 Å². The Bertz CT molecular complexity index is 227. The van der Waals surface area contributed by atoms with Crippen LogP contribution in [0.2, 0.25) is 0 Å². The predicted octanol–water partition coefficient (Wildman–Crippen LogP) is 3.05. The van der Waals surface area contributed by atoms with E-state index in [1.165, 1.54) is 13.0 Å². The van der Waals surface area contributed by atoms with Crippen molar-refractivity contribution in [3.63, 3.8) is 0 Å². The highest BCUT2D eigenvalue weighted by atomic mass is 16.3. The van der Waals surface area contributed by atoms with Crippen LogP contribution in [0, 0.1) is 5.92 Å². The van der Waals surface area contributed by atoms with Crippen molar-refractivity contribution in [3.8, 4) is 0 Å². The van der Waals surface area contributed by atoms with Gasteiger partial charge in [-0.3, -0.25) is 4.90 Å². The molecule has 1 aliphatic heterocycles. The Balaban J connectivity index is 2.58. The van der Waals surface area contributed by atoms with Crippen LogP contribution in [0.4, 0.5) is 0 Å². The molecule has 96 valence electrons. The highest BCUT2D eigenvalue weighted by Gasteiger charge is 2.42. The van der Waals surface area contributed by atoms with Crippen LogP contribution < -0.4 is 0 Å². The number of hydrogen-bond acceptors (Lipinski definition) is 2. The lowest BCUT2D eigenvalue weighted by Crippen LogP contribution is -2.50. The second kappa shape index (κ2) is 4.66. The average Bonchev–Trinajstić information content (AvgIpc) is 2.36. The molecular formula is C14H29NO. The van der Waals surface area contributed by atoms with Gasteiger partial charge in [-0.25, -0.2) is 0 Å². The van der Waals surface area contributed by atoms with Crippen LogP contribution in [0.3, 0.4) is 0 Å². The van der Waals surface area contributed by atoms with E-state index in [1.807, 2.05) is 6.92 Å². The van der Waals surface area contributed by atoms with Crippen molar-refractivity contribution in [1.82, 2.24) is 4.90 Å². The van der Waals surface area contributed by atoms with Gasteiger partial charge in [-0.05, 0) is 66.7 Å². The van der Waals surface area contributed by atoms with Gasteiger partial charge in [0.1, 0.15) is 0 Å². The number of likely N-dealkylation sites (tertiary alicyclic amines) is 1. The number of rotatable bonds is 3. The first-order chi connectivity index (χ1) is 7.13. The Morgan fingerprint density at radius 3 is 2.31 bits per heavy atom. The van der Waals surface area contributed by atoms with Crippen molar-refractivity contribution < 1.29 is 5.11 Å². The molecule has 2 unspecified atom stereocenters. The molecule has 1 aliphatic rings. The summed E-state index contributed by atoms with van der Waals surface area (Å²) in [5.41, 5.74) is 0.560. The minimum atomic E-state index is -0.146. The summed E-state index contributed by atoms with van der Waals surface area (Å²) < 4.78 is 0. The van der Waals surface area contributed by atoms with Gasteiger partial charge in [0.05, 0.1) is 6.10 Å². The van der Waals surface area contributed by atoms with Crippen molar-refractivity contribution in [3.05, 3.63) is 0 Å². The molecule has 16 heavy (non-hydrogen) atoms. The van der Waals surface area contributed by atoms with Gasteiger partial charge >= 0.3 is 0 Å². The number of aliphatic hydroxyl groups excluding tert-OH is 1. The molecule has 1 heterocycles. The molecule has 1 N–H and O–H groups in total. The van der Waals surface area contributed by atoms with Gasteiger partial charge in [0, 0.05) is 17.6 Å². The van der Waals surface area contributed by atoms with Gasteiger partial charge in [0.25, 0.3) is 0 Å². The van der Waals surface area contributed by atoms with E-state index in [2.05, 4.69) is 39.5 Å². The van der Waals surface area contributed by atoms with Crippen LogP contribution in [0.1, 0.15) is 60.8 Å². The molecule has 0 bridgehead atoms. The summed E-state index contributed by atoms with van der Waals surface area (Å²) >= 11 is 0. The van der Waals surface area contributed by atoms with E-state index in [1.54, 1.807) is 0 Å². The fourth-order valence-corrected chi connectivity index (χ4v) is 3.24. The summed E-state index contributed by atoms with van der Waals surface area (Å²) in [6.07, 6.45) is 3.22. The monoisotopic (exact) mass is 227 g/mol. The fourth-order valence-electron chi connectivity index (χ4n) is 3.24. The molecular weight excluding hydrogens is 198 g/mol.